The minimum Gasteiger partial charge on any atom is -0.489 e. The van der Waals surface area contributed by atoms with Crippen LogP contribution in [0, 0.1) is 5.92 Å². The van der Waals surface area contributed by atoms with Crippen LogP contribution in [0.5, 0.6) is 5.75 Å². The van der Waals surface area contributed by atoms with E-state index in [1.165, 1.54) is 0 Å². The summed E-state index contributed by atoms with van der Waals surface area (Å²) in [7, 11) is 0. The van der Waals surface area contributed by atoms with E-state index in [9.17, 15) is 0 Å². The Morgan fingerprint density at radius 3 is 2.57 bits per heavy atom. The van der Waals surface area contributed by atoms with Gasteiger partial charge in [0.2, 0.25) is 0 Å². The zero-order valence-corrected chi connectivity index (χ0v) is 22.5. The van der Waals surface area contributed by atoms with E-state index in [2.05, 4.69) is 36.5 Å². The lowest BCUT2D eigenvalue weighted by atomic mass is 10.0. The molecule has 1 aliphatic heterocycles. The van der Waals surface area contributed by atoms with Crippen LogP contribution in [-0.2, 0) is 11.3 Å². The number of nitrogens with zero attached hydrogens (tertiary/aromatic N) is 5. The maximum atomic E-state index is 6.67. The molecule has 9 heteroatoms. The fourth-order valence-corrected chi connectivity index (χ4v) is 4.98. The number of aliphatic imine (C=N–C) groups is 1. The number of anilines is 1. The number of morpholine rings is 1. The summed E-state index contributed by atoms with van der Waals surface area (Å²) in [6, 6.07) is 9.61. The van der Waals surface area contributed by atoms with Crippen molar-refractivity contribution < 1.29 is 9.47 Å². The first kappa shape index (κ1) is 25.5. The zero-order chi connectivity index (χ0) is 25.9. The third kappa shape index (κ3) is 5.30. The Bertz CT molecular complexity index is 1410. The summed E-state index contributed by atoms with van der Waals surface area (Å²) < 4.78 is 13.9. The van der Waals surface area contributed by atoms with E-state index < -0.39 is 0 Å². The van der Waals surface area contributed by atoms with E-state index >= 15 is 0 Å². The van der Waals surface area contributed by atoms with Gasteiger partial charge in [-0.3, -0.25) is 9.39 Å². The summed E-state index contributed by atoms with van der Waals surface area (Å²) in [6.45, 7) is 12.0. The number of hydrogen-bond acceptors (Lipinski definition) is 6. The van der Waals surface area contributed by atoms with E-state index in [-0.39, 0.29) is 0 Å². The molecule has 7 nitrogen and oxygen atoms in total. The van der Waals surface area contributed by atoms with Gasteiger partial charge in [-0.1, -0.05) is 43.1 Å². The maximum Gasteiger partial charge on any atom is 0.180 e. The molecule has 1 fully saturated rings. The normalized spacial score (nSPS) is 13.9. The molecule has 4 heterocycles. The van der Waals surface area contributed by atoms with Gasteiger partial charge in [-0.15, -0.1) is 0 Å². The lowest BCUT2D eigenvalue weighted by Gasteiger charge is -2.27. The molecule has 5 rings (SSSR count). The SMILES string of the molecule is C=NCc1c(-c2ccc(Cl)cc2Cl)cn2c(-c3ccc(N4CCOCC4)nc3)cnc2c1OCC(C)C. The third-order valence-corrected chi connectivity index (χ3v) is 6.84. The molecule has 4 aromatic rings. The van der Waals surface area contributed by atoms with Crippen LogP contribution in [0.3, 0.4) is 0 Å². The average molecular weight is 538 g/mol. The highest BCUT2D eigenvalue weighted by Crippen LogP contribution is 2.40. The van der Waals surface area contributed by atoms with Gasteiger partial charge < -0.3 is 14.4 Å². The molecular formula is C28H29Cl2N5O2. The fraction of sp³-hybridized carbons (Fsp3) is 0.321. The van der Waals surface area contributed by atoms with E-state index in [1.807, 2.05) is 41.2 Å². The number of fused-ring (bicyclic) bond motifs is 1. The molecule has 0 radical (unpaired) electrons. The molecule has 3 aromatic heterocycles. The monoisotopic (exact) mass is 537 g/mol. The Hall–Kier alpha value is -3.13. The second-order valence-electron chi connectivity index (χ2n) is 9.40. The molecule has 0 atom stereocenters. The largest absolute Gasteiger partial charge is 0.489 e. The number of pyridine rings is 2. The summed E-state index contributed by atoms with van der Waals surface area (Å²) in [5.74, 6) is 1.95. The van der Waals surface area contributed by atoms with Gasteiger partial charge in [0.1, 0.15) is 5.82 Å². The lowest BCUT2D eigenvalue weighted by molar-refractivity contribution is 0.122. The number of rotatable bonds is 8. The van der Waals surface area contributed by atoms with Gasteiger partial charge in [0.25, 0.3) is 0 Å². The molecule has 0 aliphatic carbocycles. The minimum absolute atomic E-state index is 0.332. The summed E-state index contributed by atoms with van der Waals surface area (Å²) in [5.41, 5.74) is 5.15. The number of halogens is 2. The van der Waals surface area contributed by atoms with E-state index in [1.54, 1.807) is 6.07 Å². The van der Waals surface area contributed by atoms with Crippen molar-refractivity contribution in [3.8, 4) is 28.1 Å². The molecule has 0 spiro atoms. The Kier molecular flexibility index (Phi) is 7.65. The van der Waals surface area contributed by atoms with E-state index in [4.69, 9.17) is 42.6 Å². The first-order valence-electron chi connectivity index (χ1n) is 12.3. The van der Waals surface area contributed by atoms with Crippen molar-refractivity contribution in [2.24, 2.45) is 10.9 Å². The molecule has 1 saturated heterocycles. The van der Waals surface area contributed by atoms with Gasteiger partial charge >= 0.3 is 0 Å². The van der Waals surface area contributed by atoms with Crippen molar-refractivity contribution in [2.45, 2.75) is 20.4 Å². The molecule has 37 heavy (non-hydrogen) atoms. The predicted octanol–water partition coefficient (Wildman–Crippen LogP) is 6.44. The van der Waals surface area contributed by atoms with E-state index in [0.717, 1.165) is 46.9 Å². The van der Waals surface area contributed by atoms with E-state index in [0.29, 0.717) is 53.7 Å². The molecule has 192 valence electrons. The molecule has 0 unspecified atom stereocenters. The highest BCUT2D eigenvalue weighted by molar-refractivity contribution is 6.36. The third-order valence-electron chi connectivity index (χ3n) is 6.29. The topological polar surface area (TPSA) is 64.2 Å². The van der Waals surface area contributed by atoms with Crippen molar-refractivity contribution in [1.29, 1.82) is 0 Å². The standard InChI is InChI=1S/C28H29Cl2N5O2/c1-18(2)17-37-27-22(14-31-3)23(21-6-5-20(29)12-24(21)30)16-35-25(15-33-28(27)35)19-4-7-26(32-13-19)34-8-10-36-11-9-34/h4-7,12-13,15-16,18H,3,8-11,14,17H2,1-2H3. The van der Waals surface area contributed by atoms with Gasteiger partial charge in [-0.05, 0) is 36.9 Å². The predicted molar refractivity (Wildman–Crippen MR) is 150 cm³/mol. The summed E-state index contributed by atoms with van der Waals surface area (Å²) in [5, 5.41) is 1.12. The van der Waals surface area contributed by atoms with Gasteiger partial charge in [0.05, 0.1) is 38.3 Å². The highest BCUT2D eigenvalue weighted by atomic mass is 35.5. The van der Waals surface area contributed by atoms with Crippen molar-refractivity contribution in [1.82, 2.24) is 14.4 Å². The Balaban J connectivity index is 1.66. The van der Waals surface area contributed by atoms with Crippen molar-refractivity contribution in [2.75, 3.05) is 37.8 Å². The number of hydrogen-bond donors (Lipinski definition) is 0. The number of benzene rings is 1. The van der Waals surface area contributed by atoms with Gasteiger partial charge in [0.15, 0.2) is 11.4 Å². The van der Waals surface area contributed by atoms with Crippen molar-refractivity contribution in [3.63, 3.8) is 0 Å². The molecule has 1 aromatic carbocycles. The summed E-state index contributed by atoms with van der Waals surface area (Å²) >= 11 is 12.9. The van der Waals surface area contributed by atoms with Crippen LogP contribution in [-0.4, -0.2) is 54.0 Å². The molecule has 1 aliphatic rings. The van der Waals surface area contributed by atoms with Gasteiger partial charge in [-0.2, -0.15) is 0 Å². The number of aromatic nitrogens is 3. The Morgan fingerprint density at radius 1 is 1.08 bits per heavy atom. The van der Waals surface area contributed by atoms with Crippen LogP contribution in [0.15, 0.2) is 53.9 Å². The zero-order valence-electron chi connectivity index (χ0n) is 21.0. The molecule has 0 saturated carbocycles. The smallest absolute Gasteiger partial charge is 0.180 e. The van der Waals surface area contributed by atoms with Crippen molar-refractivity contribution in [3.05, 3.63) is 64.5 Å². The van der Waals surface area contributed by atoms with Crippen LogP contribution in [0.25, 0.3) is 28.0 Å². The maximum absolute atomic E-state index is 6.67. The van der Waals surface area contributed by atoms with Crippen LogP contribution in [0.1, 0.15) is 19.4 Å². The van der Waals surface area contributed by atoms with Gasteiger partial charge in [0, 0.05) is 57.8 Å². The molecule has 0 N–H and O–H groups in total. The van der Waals surface area contributed by atoms with Crippen LogP contribution >= 0.6 is 23.2 Å². The van der Waals surface area contributed by atoms with Crippen LogP contribution in [0.2, 0.25) is 10.0 Å². The molecular weight excluding hydrogens is 509 g/mol. The molecule has 0 amide bonds. The summed E-state index contributed by atoms with van der Waals surface area (Å²) in [6.07, 6.45) is 5.77. The first-order chi connectivity index (χ1) is 18.0. The molecule has 0 bridgehead atoms. The van der Waals surface area contributed by atoms with Crippen LogP contribution < -0.4 is 9.64 Å². The second kappa shape index (κ2) is 11.1. The quantitative estimate of drug-likeness (QED) is 0.242. The van der Waals surface area contributed by atoms with Crippen LogP contribution in [0.4, 0.5) is 5.82 Å². The van der Waals surface area contributed by atoms with Gasteiger partial charge in [-0.25, -0.2) is 9.97 Å². The minimum atomic E-state index is 0.332. The number of imidazole rings is 1. The Morgan fingerprint density at radius 2 is 1.89 bits per heavy atom. The number of ether oxygens (including phenoxy) is 2. The van der Waals surface area contributed by atoms with Crippen molar-refractivity contribution >= 4 is 41.4 Å². The average Bonchev–Trinajstić information content (AvgIpc) is 3.32. The second-order valence-corrected chi connectivity index (χ2v) is 10.2. The first-order valence-corrected chi connectivity index (χ1v) is 13.0. The highest BCUT2D eigenvalue weighted by Gasteiger charge is 2.22. The summed E-state index contributed by atoms with van der Waals surface area (Å²) in [4.78, 5) is 15.9. The Labute approximate surface area is 226 Å². The fourth-order valence-electron chi connectivity index (χ4n) is 4.46. The lowest BCUT2D eigenvalue weighted by Crippen LogP contribution is -2.36.